The molecule has 0 bridgehead atoms. The highest BCUT2D eigenvalue weighted by Crippen LogP contribution is 2.40. The molecule has 0 aliphatic rings. The van der Waals surface area contributed by atoms with Gasteiger partial charge in [0.2, 0.25) is 5.75 Å². The minimum absolute atomic E-state index is 0.196. The second kappa shape index (κ2) is 7.90. The fourth-order valence-corrected chi connectivity index (χ4v) is 2.79. The van der Waals surface area contributed by atoms with Crippen molar-refractivity contribution in [1.82, 2.24) is 0 Å². The van der Waals surface area contributed by atoms with Crippen molar-refractivity contribution in [2.75, 3.05) is 0 Å². The summed E-state index contributed by atoms with van der Waals surface area (Å²) < 4.78 is 43.3. The summed E-state index contributed by atoms with van der Waals surface area (Å²) in [6, 6.07) is 16.9. The molecule has 7 heteroatoms. The number of rotatable bonds is 6. The van der Waals surface area contributed by atoms with Crippen LogP contribution in [0.15, 0.2) is 66.7 Å². The topological polar surface area (TPSA) is 52.4 Å². The van der Waals surface area contributed by atoms with Crippen molar-refractivity contribution in [3.05, 3.63) is 93.8 Å². The third-order valence-electron chi connectivity index (χ3n) is 3.94. The smallest absolute Gasteiger partial charge is 0.387 e. The molecule has 0 heterocycles. The maximum Gasteiger partial charge on any atom is 0.387 e. The summed E-state index contributed by atoms with van der Waals surface area (Å²) in [5, 5.41) is 11.5. The number of alkyl halides is 2. The van der Waals surface area contributed by atoms with Crippen LogP contribution in [0.1, 0.15) is 11.1 Å². The minimum Gasteiger partial charge on any atom is -0.427 e. The molecule has 0 fully saturated rings. The lowest BCUT2D eigenvalue weighted by molar-refractivity contribution is -0.386. The second-order valence-electron chi connectivity index (χ2n) is 5.80. The second-order valence-corrected chi connectivity index (χ2v) is 5.80. The highest BCUT2D eigenvalue weighted by molar-refractivity contribution is 5.76. The maximum atomic E-state index is 13.1. The summed E-state index contributed by atoms with van der Waals surface area (Å²) >= 11 is 0. The standard InChI is InChI=1S/C20H14F3NO3/c21-16-8-6-13(7-9-16)10-14-11-17(15-4-2-1-3-5-15)19(27-20(22)23)18(12-14)24(25)26/h1-9,11-12,20H,10H2. The number of nitro groups is 1. The van der Waals surface area contributed by atoms with E-state index in [0.717, 1.165) is 5.56 Å². The molecule has 0 aliphatic carbocycles. The van der Waals surface area contributed by atoms with Gasteiger partial charge in [-0.15, -0.1) is 0 Å². The Labute approximate surface area is 153 Å². The van der Waals surface area contributed by atoms with E-state index in [2.05, 4.69) is 4.74 Å². The van der Waals surface area contributed by atoms with Gasteiger partial charge >= 0.3 is 12.3 Å². The zero-order valence-corrected chi connectivity index (χ0v) is 13.9. The van der Waals surface area contributed by atoms with Crippen molar-refractivity contribution in [2.24, 2.45) is 0 Å². The van der Waals surface area contributed by atoms with E-state index in [-0.39, 0.29) is 12.0 Å². The molecule has 3 aromatic carbocycles. The summed E-state index contributed by atoms with van der Waals surface area (Å²) in [4.78, 5) is 10.7. The summed E-state index contributed by atoms with van der Waals surface area (Å²) in [5.74, 6) is -0.876. The Balaban J connectivity index is 2.14. The molecular weight excluding hydrogens is 359 g/mol. The Bertz CT molecular complexity index is 945. The van der Waals surface area contributed by atoms with Gasteiger partial charge in [0.1, 0.15) is 5.82 Å². The predicted molar refractivity (Wildman–Crippen MR) is 94.4 cm³/mol. The first-order valence-corrected chi connectivity index (χ1v) is 8.00. The predicted octanol–water partition coefficient (Wildman–Crippen LogP) is 5.59. The lowest BCUT2D eigenvalue weighted by Crippen LogP contribution is -2.07. The van der Waals surface area contributed by atoms with Gasteiger partial charge in [0.15, 0.2) is 0 Å². The molecule has 0 atom stereocenters. The molecule has 3 aromatic rings. The van der Waals surface area contributed by atoms with Crippen molar-refractivity contribution in [3.8, 4) is 16.9 Å². The number of ether oxygens (including phenoxy) is 1. The van der Waals surface area contributed by atoms with Gasteiger partial charge in [-0.05, 0) is 41.3 Å². The molecule has 4 nitrogen and oxygen atoms in total. The average Bonchev–Trinajstić information content (AvgIpc) is 2.64. The van der Waals surface area contributed by atoms with Crippen LogP contribution in [0.25, 0.3) is 11.1 Å². The Morgan fingerprint density at radius 3 is 2.22 bits per heavy atom. The van der Waals surface area contributed by atoms with E-state index in [1.54, 1.807) is 48.5 Å². The minimum atomic E-state index is -3.20. The van der Waals surface area contributed by atoms with E-state index >= 15 is 0 Å². The summed E-state index contributed by atoms with van der Waals surface area (Å²) in [6.45, 7) is -3.20. The summed E-state index contributed by atoms with van der Waals surface area (Å²) in [5.41, 5.74) is 1.41. The number of hydrogen-bond acceptors (Lipinski definition) is 3. The first kappa shape index (κ1) is 18.4. The molecule has 0 amide bonds. The number of nitrogens with zero attached hydrogens (tertiary/aromatic N) is 1. The lowest BCUT2D eigenvalue weighted by Gasteiger charge is -2.14. The molecular formula is C20H14F3NO3. The molecule has 0 spiro atoms. The van der Waals surface area contributed by atoms with Gasteiger partial charge < -0.3 is 4.74 Å². The van der Waals surface area contributed by atoms with Crippen LogP contribution in [-0.4, -0.2) is 11.5 Å². The van der Waals surface area contributed by atoms with Crippen LogP contribution < -0.4 is 4.74 Å². The summed E-state index contributed by atoms with van der Waals surface area (Å²) in [6.07, 6.45) is 0.274. The Hall–Kier alpha value is -3.35. The largest absolute Gasteiger partial charge is 0.427 e. The fraction of sp³-hybridized carbons (Fsp3) is 0.100. The van der Waals surface area contributed by atoms with Crippen LogP contribution in [0.3, 0.4) is 0 Å². The Kier molecular flexibility index (Phi) is 5.40. The number of hydrogen-bond donors (Lipinski definition) is 0. The van der Waals surface area contributed by atoms with Crippen LogP contribution in [-0.2, 0) is 6.42 Å². The molecule has 27 heavy (non-hydrogen) atoms. The van der Waals surface area contributed by atoms with Crippen molar-refractivity contribution in [3.63, 3.8) is 0 Å². The number of halogens is 3. The maximum absolute atomic E-state index is 13.1. The van der Waals surface area contributed by atoms with E-state index < -0.39 is 28.8 Å². The molecule has 138 valence electrons. The summed E-state index contributed by atoms with van der Waals surface area (Å²) in [7, 11) is 0. The highest BCUT2D eigenvalue weighted by atomic mass is 19.3. The van der Waals surface area contributed by atoms with Crippen molar-refractivity contribution in [1.29, 1.82) is 0 Å². The zero-order valence-electron chi connectivity index (χ0n) is 13.9. The van der Waals surface area contributed by atoms with Gasteiger partial charge in [-0.3, -0.25) is 10.1 Å². The van der Waals surface area contributed by atoms with E-state index in [4.69, 9.17) is 0 Å². The van der Waals surface area contributed by atoms with Gasteiger partial charge in [-0.1, -0.05) is 42.5 Å². The quantitative estimate of drug-likeness (QED) is 0.418. The molecule has 0 radical (unpaired) electrons. The molecule has 0 saturated heterocycles. The third kappa shape index (κ3) is 4.44. The SMILES string of the molecule is O=[N+]([O-])c1cc(Cc2ccc(F)cc2)cc(-c2ccccc2)c1OC(F)F. The van der Waals surface area contributed by atoms with E-state index in [1.807, 2.05) is 0 Å². The first-order chi connectivity index (χ1) is 12.9. The van der Waals surface area contributed by atoms with Crippen LogP contribution in [0.5, 0.6) is 5.75 Å². The van der Waals surface area contributed by atoms with Gasteiger partial charge in [-0.25, -0.2) is 4.39 Å². The van der Waals surface area contributed by atoms with Gasteiger partial charge in [0.05, 0.1) is 4.92 Å². The zero-order chi connectivity index (χ0) is 19.4. The van der Waals surface area contributed by atoms with E-state index in [9.17, 15) is 23.3 Å². The number of benzene rings is 3. The van der Waals surface area contributed by atoms with Crippen LogP contribution in [0.2, 0.25) is 0 Å². The average molecular weight is 373 g/mol. The fourth-order valence-electron chi connectivity index (χ4n) is 2.79. The Morgan fingerprint density at radius 1 is 0.963 bits per heavy atom. The van der Waals surface area contributed by atoms with Gasteiger partial charge in [0.25, 0.3) is 0 Å². The molecule has 3 rings (SSSR count). The Morgan fingerprint density at radius 2 is 1.63 bits per heavy atom. The van der Waals surface area contributed by atoms with Gasteiger partial charge in [0, 0.05) is 11.6 Å². The lowest BCUT2D eigenvalue weighted by atomic mass is 9.97. The van der Waals surface area contributed by atoms with Crippen LogP contribution in [0.4, 0.5) is 18.9 Å². The molecule has 0 aromatic heterocycles. The number of nitro benzene ring substituents is 1. The highest BCUT2D eigenvalue weighted by Gasteiger charge is 2.25. The molecule has 0 unspecified atom stereocenters. The van der Waals surface area contributed by atoms with Crippen molar-refractivity contribution < 1.29 is 22.8 Å². The molecule has 0 saturated carbocycles. The van der Waals surface area contributed by atoms with E-state index in [1.165, 1.54) is 18.2 Å². The van der Waals surface area contributed by atoms with Crippen molar-refractivity contribution in [2.45, 2.75) is 13.0 Å². The van der Waals surface area contributed by atoms with E-state index in [0.29, 0.717) is 11.1 Å². The molecule has 0 aliphatic heterocycles. The van der Waals surface area contributed by atoms with Crippen LogP contribution in [0, 0.1) is 15.9 Å². The first-order valence-electron chi connectivity index (χ1n) is 8.00. The van der Waals surface area contributed by atoms with Crippen LogP contribution >= 0.6 is 0 Å². The monoisotopic (exact) mass is 373 g/mol. The van der Waals surface area contributed by atoms with Crippen molar-refractivity contribution >= 4 is 5.69 Å². The third-order valence-corrected chi connectivity index (χ3v) is 3.94. The normalized spacial score (nSPS) is 10.8. The molecule has 0 N–H and O–H groups in total. The van der Waals surface area contributed by atoms with Gasteiger partial charge in [-0.2, -0.15) is 8.78 Å².